The minimum absolute atomic E-state index is 0.120. The van der Waals surface area contributed by atoms with Crippen molar-refractivity contribution in [3.05, 3.63) is 57.8 Å². The van der Waals surface area contributed by atoms with E-state index in [0.29, 0.717) is 5.02 Å². The van der Waals surface area contributed by atoms with Gasteiger partial charge in [-0.25, -0.2) is 4.39 Å². The standard InChI is InChI=1S/C16H16Cl2FN/c1-2-7-20-10-12-3-5-13(17)9-14(12)11-4-6-16(19)15(18)8-11/h3-6,8-9,20H,2,7,10H2,1H3. The number of rotatable bonds is 5. The van der Waals surface area contributed by atoms with Crippen molar-refractivity contribution in [3.8, 4) is 11.1 Å². The fraction of sp³-hybridized carbons (Fsp3) is 0.250. The van der Waals surface area contributed by atoms with Crippen LogP contribution in [0.1, 0.15) is 18.9 Å². The molecule has 0 aromatic heterocycles. The van der Waals surface area contributed by atoms with Crippen molar-refractivity contribution in [1.82, 2.24) is 5.32 Å². The van der Waals surface area contributed by atoms with Crippen molar-refractivity contribution >= 4 is 23.2 Å². The van der Waals surface area contributed by atoms with Crippen LogP contribution in [0.4, 0.5) is 4.39 Å². The summed E-state index contributed by atoms with van der Waals surface area (Å²) in [5.41, 5.74) is 2.96. The molecule has 4 heteroatoms. The molecule has 2 rings (SSSR count). The van der Waals surface area contributed by atoms with Crippen LogP contribution in [-0.2, 0) is 6.54 Å². The molecule has 1 N–H and O–H groups in total. The second-order valence-electron chi connectivity index (χ2n) is 4.61. The molecule has 2 aromatic carbocycles. The number of hydrogen-bond acceptors (Lipinski definition) is 1. The average molecular weight is 312 g/mol. The van der Waals surface area contributed by atoms with E-state index < -0.39 is 5.82 Å². The summed E-state index contributed by atoms with van der Waals surface area (Å²) in [6.45, 7) is 3.82. The zero-order valence-electron chi connectivity index (χ0n) is 11.2. The summed E-state index contributed by atoms with van der Waals surface area (Å²) in [6, 6.07) is 10.5. The first-order chi connectivity index (χ1) is 9.61. The molecule has 0 heterocycles. The zero-order valence-corrected chi connectivity index (χ0v) is 12.7. The topological polar surface area (TPSA) is 12.0 Å². The Kier molecular flexibility index (Phi) is 5.41. The normalized spacial score (nSPS) is 10.8. The summed E-state index contributed by atoms with van der Waals surface area (Å²) in [6.07, 6.45) is 1.07. The maximum Gasteiger partial charge on any atom is 0.141 e. The molecule has 0 fully saturated rings. The molecule has 2 aromatic rings. The van der Waals surface area contributed by atoms with Crippen molar-refractivity contribution < 1.29 is 4.39 Å². The van der Waals surface area contributed by atoms with Gasteiger partial charge in [0.1, 0.15) is 5.82 Å². The van der Waals surface area contributed by atoms with E-state index in [-0.39, 0.29) is 5.02 Å². The van der Waals surface area contributed by atoms with Crippen LogP contribution in [0.25, 0.3) is 11.1 Å². The summed E-state index contributed by atoms with van der Waals surface area (Å²) in [4.78, 5) is 0. The predicted molar refractivity (Wildman–Crippen MR) is 83.9 cm³/mol. The highest BCUT2D eigenvalue weighted by molar-refractivity contribution is 6.31. The van der Waals surface area contributed by atoms with Crippen LogP contribution in [0.15, 0.2) is 36.4 Å². The van der Waals surface area contributed by atoms with Gasteiger partial charge in [0.2, 0.25) is 0 Å². The Morgan fingerprint density at radius 3 is 2.60 bits per heavy atom. The number of halogens is 3. The van der Waals surface area contributed by atoms with E-state index in [2.05, 4.69) is 12.2 Å². The van der Waals surface area contributed by atoms with Crippen molar-refractivity contribution in [2.45, 2.75) is 19.9 Å². The zero-order chi connectivity index (χ0) is 14.5. The van der Waals surface area contributed by atoms with E-state index in [9.17, 15) is 4.39 Å². The molecule has 20 heavy (non-hydrogen) atoms. The van der Waals surface area contributed by atoms with Gasteiger partial charge in [-0.05, 0) is 53.9 Å². The summed E-state index contributed by atoms with van der Waals surface area (Å²) >= 11 is 11.9. The summed E-state index contributed by atoms with van der Waals surface area (Å²) < 4.78 is 13.3. The van der Waals surface area contributed by atoms with Gasteiger partial charge in [-0.3, -0.25) is 0 Å². The SMILES string of the molecule is CCCNCc1ccc(Cl)cc1-c1ccc(F)c(Cl)c1. The lowest BCUT2D eigenvalue weighted by atomic mass is 9.99. The van der Waals surface area contributed by atoms with Gasteiger partial charge in [0.25, 0.3) is 0 Å². The molecule has 0 bridgehead atoms. The Morgan fingerprint density at radius 1 is 1.10 bits per heavy atom. The number of benzene rings is 2. The van der Waals surface area contributed by atoms with E-state index in [4.69, 9.17) is 23.2 Å². The Morgan fingerprint density at radius 2 is 1.90 bits per heavy atom. The largest absolute Gasteiger partial charge is 0.313 e. The van der Waals surface area contributed by atoms with Gasteiger partial charge < -0.3 is 5.32 Å². The second-order valence-corrected chi connectivity index (χ2v) is 5.45. The molecule has 0 spiro atoms. The molecule has 0 aliphatic carbocycles. The lowest BCUT2D eigenvalue weighted by Gasteiger charge is -2.12. The van der Waals surface area contributed by atoms with Crippen molar-refractivity contribution in [1.29, 1.82) is 0 Å². The van der Waals surface area contributed by atoms with E-state index in [0.717, 1.165) is 36.2 Å². The van der Waals surface area contributed by atoms with Crippen LogP contribution in [0.2, 0.25) is 10.0 Å². The van der Waals surface area contributed by atoms with Gasteiger partial charge in [-0.15, -0.1) is 0 Å². The monoisotopic (exact) mass is 311 g/mol. The van der Waals surface area contributed by atoms with Gasteiger partial charge in [0.05, 0.1) is 5.02 Å². The first-order valence-corrected chi connectivity index (χ1v) is 7.32. The summed E-state index contributed by atoms with van der Waals surface area (Å²) in [7, 11) is 0. The molecule has 0 radical (unpaired) electrons. The predicted octanol–water partition coefficient (Wildman–Crippen LogP) is 5.30. The van der Waals surface area contributed by atoms with Crippen molar-refractivity contribution in [3.63, 3.8) is 0 Å². The minimum Gasteiger partial charge on any atom is -0.313 e. The molecular formula is C16H16Cl2FN. The van der Waals surface area contributed by atoms with Crippen molar-refractivity contribution in [2.24, 2.45) is 0 Å². The number of hydrogen-bond donors (Lipinski definition) is 1. The van der Waals surface area contributed by atoms with E-state index in [1.165, 1.54) is 6.07 Å². The van der Waals surface area contributed by atoms with E-state index in [1.807, 2.05) is 18.2 Å². The Balaban J connectivity index is 2.37. The third-order valence-electron chi connectivity index (χ3n) is 3.04. The highest BCUT2D eigenvalue weighted by Crippen LogP contribution is 2.30. The van der Waals surface area contributed by atoms with Crippen LogP contribution in [0.5, 0.6) is 0 Å². The third kappa shape index (κ3) is 3.72. The second kappa shape index (κ2) is 7.07. The van der Waals surface area contributed by atoms with Gasteiger partial charge >= 0.3 is 0 Å². The molecule has 0 amide bonds. The molecule has 0 atom stereocenters. The summed E-state index contributed by atoms with van der Waals surface area (Å²) in [5.74, 6) is -0.414. The quantitative estimate of drug-likeness (QED) is 0.739. The fourth-order valence-electron chi connectivity index (χ4n) is 2.04. The third-order valence-corrected chi connectivity index (χ3v) is 3.57. The minimum atomic E-state index is -0.414. The molecule has 0 aliphatic rings. The van der Waals surface area contributed by atoms with Crippen LogP contribution in [0, 0.1) is 5.82 Å². The molecule has 0 unspecified atom stereocenters. The van der Waals surface area contributed by atoms with E-state index in [1.54, 1.807) is 12.1 Å². The first kappa shape index (κ1) is 15.3. The highest BCUT2D eigenvalue weighted by atomic mass is 35.5. The Bertz CT molecular complexity index is 599. The molecule has 0 saturated carbocycles. The maximum absolute atomic E-state index is 13.3. The highest BCUT2D eigenvalue weighted by Gasteiger charge is 2.08. The Labute approximate surface area is 128 Å². The lowest BCUT2D eigenvalue weighted by molar-refractivity contribution is 0.628. The van der Waals surface area contributed by atoms with Crippen LogP contribution >= 0.6 is 23.2 Å². The smallest absolute Gasteiger partial charge is 0.141 e. The fourth-order valence-corrected chi connectivity index (χ4v) is 2.39. The van der Waals surface area contributed by atoms with Crippen LogP contribution in [-0.4, -0.2) is 6.54 Å². The Hall–Kier alpha value is -1.09. The van der Waals surface area contributed by atoms with Gasteiger partial charge in [-0.1, -0.05) is 42.3 Å². The first-order valence-electron chi connectivity index (χ1n) is 6.56. The van der Waals surface area contributed by atoms with Crippen LogP contribution in [0.3, 0.4) is 0 Å². The van der Waals surface area contributed by atoms with Crippen molar-refractivity contribution in [2.75, 3.05) is 6.54 Å². The molecule has 0 saturated heterocycles. The molecular weight excluding hydrogens is 296 g/mol. The van der Waals surface area contributed by atoms with Gasteiger partial charge in [0.15, 0.2) is 0 Å². The molecule has 106 valence electrons. The lowest BCUT2D eigenvalue weighted by Crippen LogP contribution is -2.14. The van der Waals surface area contributed by atoms with Crippen LogP contribution < -0.4 is 5.32 Å². The van der Waals surface area contributed by atoms with Gasteiger partial charge in [-0.2, -0.15) is 0 Å². The van der Waals surface area contributed by atoms with Gasteiger partial charge in [0, 0.05) is 11.6 Å². The average Bonchev–Trinajstić information content (AvgIpc) is 2.44. The summed E-state index contributed by atoms with van der Waals surface area (Å²) in [5, 5.41) is 4.13. The molecule has 1 nitrogen and oxygen atoms in total. The number of nitrogens with one attached hydrogen (secondary N) is 1. The maximum atomic E-state index is 13.3. The molecule has 0 aliphatic heterocycles. The van der Waals surface area contributed by atoms with E-state index >= 15 is 0 Å².